The number of nitrogens with zero attached hydrogens (tertiary/aromatic N) is 2. The van der Waals surface area contributed by atoms with Crippen LogP contribution in [0.1, 0.15) is 22.2 Å². The fraction of sp³-hybridized carbons (Fsp3) is 0.308. The lowest BCUT2D eigenvalue weighted by Crippen LogP contribution is -2.50. The van der Waals surface area contributed by atoms with Crippen LogP contribution in [0, 0.1) is 12.7 Å². The molecule has 0 radical (unpaired) electrons. The Hall–Kier alpha value is -3.12. The molecule has 1 aliphatic rings. The second-order valence-corrected chi connectivity index (χ2v) is 11.7. The largest absolute Gasteiger partial charge is 0.462 e. The third-order valence-electron chi connectivity index (χ3n) is 6.03. The first kappa shape index (κ1) is 26.9. The van der Waals surface area contributed by atoms with Crippen LogP contribution in [0.2, 0.25) is 0 Å². The van der Waals surface area contributed by atoms with Crippen molar-refractivity contribution in [1.82, 2.24) is 9.21 Å². The van der Waals surface area contributed by atoms with Crippen molar-refractivity contribution in [2.24, 2.45) is 0 Å². The van der Waals surface area contributed by atoms with Gasteiger partial charge in [0.1, 0.15) is 16.4 Å². The van der Waals surface area contributed by atoms with Crippen LogP contribution in [-0.2, 0) is 19.6 Å². The molecule has 1 saturated heterocycles. The van der Waals surface area contributed by atoms with Gasteiger partial charge in [-0.05, 0) is 43.7 Å². The molecule has 1 aromatic heterocycles. The molecule has 1 N–H and O–H groups in total. The van der Waals surface area contributed by atoms with E-state index in [4.69, 9.17) is 4.74 Å². The third-order valence-corrected chi connectivity index (χ3v) is 8.96. The summed E-state index contributed by atoms with van der Waals surface area (Å²) >= 11 is 1.32. The zero-order valence-corrected chi connectivity index (χ0v) is 22.2. The van der Waals surface area contributed by atoms with E-state index in [0.717, 1.165) is 28.1 Å². The number of ether oxygens (including phenoxy) is 1. The van der Waals surface area contributed by atoms with Gasteiger partial charge in [-0.25, -0.2) is 17.6 Å². The van der Waals surface area contributed by atoms with E-state index in [9.17, 15) is 22.4 Å². The molecule has 0 saturated carbocycles. The fourth-order valence-electron chi connectivity index (χ4n) is 4.24. The lowest BCUT2D eigenvalue weighted by atomic mass is 10.0. The molecule has 0 atom stereocenters. The number of thiophene rings is 1. The molecular weight excluding hydrogens is 517 g/mol. The van der Waals surface area contributed by atoms with Crippen molar-refractivity contribution in [2.45, 2.75) is 18.7 Å². The molecule has 3 aromatic rings. The van der Waals surface area contributed by atoms with Crippen molar-refractivity contribution in [3.05, 3.63) is 70.9 Å². The van der Waals surface area contributed by atoms with Gasteiger partial charge in [0.25, 0.3) is 0 Å². The number of hydrogen-bond donors (Lipinski definition) is 1. The van der Waals surface area contributed by atoms with Gasteiger partial charge in [0.15, 0.2) is 0 Å². The average Bonchev–Trinajstić information content (AvgIpc) is 3.20. The van der Waals surface area contributed by atoms with E-state index in [-0.39, 0.29) is 37.0 Å². The Morgan fingerprint density at radius 3 is 2.30 bits per heavy atom. The number of carbonyl (C=O) groups is 2. The van der Waals surface area contributed by atoms with E-state index in [1.165, 1.54) is 27.8 Å². The first-order chi connectivity index (χ1) is 17.7. The summed E-state index contributed by atoms with van der Waals surface area (Å²) in [6.45, 7) is 5.01. The Labute approximate surface area is 219 Å². The van der Waals surface area contributed by atoms with Crippen molar-refractivity contribution in [1.29, 1.82) is 0 Å². The summed E-state index contributed by atoms with van der Waals surface area (Å²) < 4.78 is 45.5. The number of sulfonamides is 1. The summed E-state index contributed by atoms with van der Waals surface area (Å²) in [4.78, 5) is 28.6. The molecular formula is C26H28FN3O5S2. The Kier molecular flexibility index (Phi) is 8.38. The predicted octanol–water partition coefficient (Wildman–Crippen LogP) is 3.98. The van der Waals surface area contributed by atoms with E-state index in [1.807, 2.05) is 42.2 Å². The summed E-state index contributed by atoms with van der Waals surface area (Å²) in [6.07, 6.45) is 0. The van der Waals surface area contributed by atoms with Gasteiger partial charge in [0.2, 0.25) is 15.9 Å². The van der Waals surface area contributed by atoms with Gasteiger partial charge in [-0.2, -0.15) is 4.31 Å². The second-order valence-electron chi connectivity index (χ2n) is 8.51. The molecule has 1 aliphatic heterocycles. The summed E-state index contributed by atoms with van der Waals surface area (Å²) in [7, 11) is -3.74. The Morgan fingerprint density at radius 1 is 1.03 bits per heavy atom. The Bertz CT molecular complexity index is 1370. The van der Waals surface area contributed by atoms with Crippen LogP contribution in [0.4, 0.5) is 9.39 Å². The monoisotopic (exact) mass is 545 g/mol. The van der Waals surface area contributed by atoms with E-state index < -0.39 is 21.8 Å². The quantitative estimate of drug-likeness (QED) is 0.430. The fourth-order valence-corrected chi connectivity index (χ4v) is 6.74. The van der Waals surface area contributed by atoms with Crippen molar-refractivity contribution >= 4 is 38.2 Å². The van der Waals surface area contributed by atoms with Crippen LogP contribution in [0.25, 0.3) is 11.1 Å². The average molecular weight is 546 g/mol. The zero-order valence-electron chi connectivity index (χ0n) is 20.6. The van der Waals surface area contributed by atoms with Gasteiger partial charge in [0.05, 0.1) is 18.0 Å². The van der Waals surface area contributed by atoms with Crippen LogP contribution in [0.15, 0.2) is 59.5 Å². The third kappa shape index (κ3) is 6.07. The molecule has 8 nitrogen and oxygen atoms in total. The van der Waals surface area contributed by atoms with Crippen LogP contribution >= 0.6 is 11.3 Å². The maximum atomic E-state index is 13.2. The number of anilines is 1. The molecule has 0 unspecified atom stereocenters. The zero-order chi connectivity index (χ0) is 26.6. The van der Waals surface area contributed by atoms with Crippen molar-refractivity contribution < 1.29 is 27.1 Å². The maximum Gasteiger partial charge on any atom is 0.341 e. The lowest BCUT2D eigenvalue weighted by molar-refractivity contribution is -0.117. The summed E-state index contributed by atoms with van der Waals surface area (Å²) in [5.74, 6) is -1.31. The lowest BCUT2D eigenvalue weighted by Gasteiger charge is -2.33. The minimum Gasteiger partial charge on any atom is -0.462 e. The second kappa shape index (κ2) is 11.5. The summed E-state index contributed by atoms with van der Waals surface area (Å²) in [5, 5.41) is 3.30. The topological polar surface area (TPSA) is 96.0 Å². The van der Waals surface area contributed by atoms with Crippen molar-refractivity contribution in [3.8, 4) is 11.1 Å². The van der Waals surface area contributed by atoms with Gasteiger partial charge in [-0.15, -0.1) is 11.3 Å². The Balaban J connectivity index is 1.43. The smallest absolute Gasteiger partial charge is 0.341 e. The summed E-state index contributed by atoms with van der Waals surface area (Å²) in [6, 6.07) is 14.2. The maximum absolute atomic E-state index is 13.2. The highest BCUT2D eigenvalue weighted by Gasteiger charge is 2.30. The molecule has 4 rings (SSSR count). The van der Waals surface area contributed by atoms with Gasteiger partial charge >= 0.3 is 5.97 Å². The SMILES string of the molecule is CCOC(=O)c1c(NC(=O)CN2CCN(S(=O)(=O)c3ccc(F)cc3)CC2)sc(C)c1-c1ccccc1. The number of amides is 1. The number of aryl methyl sites for hydroxylation is 1. The minimum atomic E-state index is -3.74. The molecule has 11 heteroatoms. The molecule has 37 heavy (non-hydrogen) atoms. The van der Waals surface area contributed by atoms with Crippen LogP contribution in [0.5, 0.6) is 0 Å². The Morgan fingerprint density at radius 2 is 1.68 bits per heavy atom. The number of rotatable bonds is 8. The van der Waals surface area contributed by atoms with Gasteiger partial charge in [-0.1, -0.05) is 30.3 Å². The molecule has 0 bridgehead atoms. The molecule has 1 amide bonds. The minimum absolute atomic E-state index is 0.0360. The standard InChI is InChI=1S/C26H28FN3O5S2/c1-3-35-26(32)24-23(19-7-5-4-6-8-19)18(2)36-25(24)28-22(31)17-29-13-15-30(16-14-29)37(33,34)21-11-9-20(27)10-12-21/h4-12H,3,13-17H2,1-2H3,(H,28,31). The van der Waals surface area contributed by atoms with Crippen molar-refractivity contribution in [3.63, 3.8) is 0 Å². The highest BCUT2D eigenvalue weighted by molar-refractivity contribution is 7.89. The molecule has 2 aromatic carbocycles. The van der Waals surface area contributed by atoms with Crippen LogP contribution in [0.3, 0.4) is 0 Å². The number of halogens is 1. The molecule has 1 fully saturated rings. The van der Waals surface area contributed by atoms with Gasteiger partial charge < -0.3 is 10.1 Å². The first-order valence-corrected chi connectivity index (χ1v) is 14.1. The summed E-state index contributed by atoms with van der Waals surface area (Å²) in [5.41, 5.74) is 1.93. The number of benzene rings is 2. The van der Waals surface area contributed by atoms with Gasteiger partial charge in [-0.3, -0.25) is 9.69 Å². The normalized spacial score (nSPS) is 14.9. The highest BCUT2D eigenvalue weighted by atomic mass is 32.2. The number of esters is 1. The van der Waals surface area contributed by atoms with Gasteiger partial charge in [0, 0.05) is 36.6 Å². The molecule has 0 spiro atoms. The number of hydrogen-bond acceptors (Lipinski definition) is 7. The van der Waals surface area contributed by atoms with E-state index >= 15 is 0 Å². The van der Waals surface area contributed by atoms with E-state index in [1.54, 1.807) is 6.92 Å². The molecule has 196 valence electrons. The predicted molar refractivity (Wildman–Crippen MR) is 141 cm³/mol. The highest BCUT2D eigenvalue weighted by Crippen LogP contribution is 2.40. The van der Waals surface area contributed by atoms with E-state index in [0.29, 0.717) is 23.7 Å². The van der Waals surface area contributed by atoms with Crippen LogP contribution in [-0.4, -0.2) is 68.8 Å². The first-order valence-electron chi connectivity index (χ1n) is 11.8. The van der Waals surface area contributed by atoms with Crippen molar-refractivity contribution in [2.75, 3.05) is 44.6 Å². The van der Waals surface area contributed by atoms with Crippen LogP contribution < -0.4 is 5.32 Å². The van der Waals surface area contributed by atoms with E-state index in [2.05, 4.69) is 5.32 Å². The number of piperazine rings is 1. The number of carbonyl (C=O) groups excluding carboxylic acids is 2. The number of nitrogens with one attached hydrogen (secondary N) is 1. The molecule has 0 aliphatic carbocycles. The molecule has 2 heterocycles.